The number of aromatic nitrogens is 3. The topological polar surface area (TPSA) is 60.2 Å². The zero-order valence-electron chi connectivity index (χ0n) is 15.6. The number of anilines is 1. The Kier molecular flexibility index (Phi) is 3.97. The SMILES string of the molecule is COc1ccc2c(c1)ncn2-c1ccc2cc(N3CCC(=O)CC3)ccc2n1. The maximum Gasteiger partial charge on any atom is 0.139 e. The number of pyridine rings is 1. The van der Waals surface area contributed by atoms with E-state index < -0.39 is 0 Å². The second-order valence-electron chi connectivity index (χ2n) is 7.04. The summed E-state index contributed by atoms with van der Waals surface area (Å²) in [5, 5.41) is 1.09. The highest BCUT2D eigenvalue weighted by molar-refractivity contribution is 5.86. The maximum absolute atomic E-state index is 11.5. The van der Waals surface area contributed by atoms with Gasteiger partial charge in [0.2, 0.25) is 0 Å². The van der Waals surface area contributed by atoms with E-state index in [2.05, 4.69) is 28.1 Å². The van der Waals surface area contributed by atoms with Gasteiger partial charge in [-0.2, -0.15) is 0 Å². The van der Waals surface area contributed by atoms with Crippen LogP contribution in [-0.4, -0.2) is 40.5 Å². The summed E-state index contributed by atoms with van der Waals surface area (Å²) in [4.78, 5) is 23.1. The lowest BCUT2D eigenvalue weighted by Gasteiger charge is -2.28. The van der Waals surface area contributed by atoms with Crippen LogP contribution in [0.15, 0.2) is 54.9 Å². The minimum atomic E-state index is 0.355. The van der Waals surface area contributed by atoms with Crippen molar-refractivity contribution in [2.45, 2.75) is 12.8 Å². The number of ether oxygens (including phenoxy) is 1. The fourth-order valence-electron chi connectivity index (χ4n) is 3.75. The molecule has 0 aliphatic carbocycles. The van der Waals surface area contributed by atoms with Crippen LogP contribution in [0.1, 0.15) is 12.8 Å². The van der Waals surface area contributed by atoms with Gasteiger partial charge in [-0.05, 0) is 42.5 Å². The van der Waals surface area contributed by atoms with Crippen LogP contribution in [-0.2, 0) is 4.79 Å². The van der Waals surface area contributed by atoms with Crippen LogP contribution in [0.2, 0.25) is 0 Å². The molecular formula is C22H20N4O2. The van der Waals surface area contributed by atoms with Gasteiger partial charge < -0.3 is 9.64 Å². The van der Waals surface area contributed by atoms with Gasteiger partial charge >= 0.3 is 0 Å². The molecule has 0 N–H and O–H groups in total. The molecule has 1 fully saturated rings. The summed E-state index contributed by atoms with van der Waals surface area (Å²) in [6, 6.07) is 16.2. The fourth-order valence-corrected chi connectivity index (χ4v) is 3.75. The molecule has 3 heterocycles. The van der Waals surface area contributed by atoms with Gasteiger partial charge in [-0.1, -0.05) is 0 Å². The molecule has 0 radical (unpaired) electrons. The number of hydrogen-bond acceptors (Lipinski definition) is 5. The Morgan fingerprint density at radius 1 is 0.964 bits per heavy atom. The van der Waals surface area contributed by atoms with Gasteiger partial charge in [0.05, 0.1) is 23.7 Å². The van der Waals surface area contributed by atoms with Crippen molar-refractivity contribution in [1.29, 1.82) is 0 Å². The van der Waals surface area contributed by atoms with Crippen LogP contribution in [0.5, 0.6) is 5.75 Å². The lowest BCUT2D eigenvalue weighted by molar-refractivity contribution is -0.119. The molecule has 140 valence electrons. The first kappa shape index (κ1) is 16.7. The smallest absolute Gasteiger partial charge is 0.139 e. The third-order valence-corrected chi connectivity index (χ3v) is 5.35. The summed E-state index contributed by atoms with van der Waals surface area (Å²) >= 11 is 0. The highest BCUT2D eigenvalue weighted by Gasteiger charge is 2.17. The van der Waals surface area contributed by atoms with Gasteiger partial charge in [0.25, 0.3) is 0 Å². The number of Topliss-reactive ketones (excluding diaryl/α,β-unsaturated/α-hetero) is 1. The third kappa shape index (κ3) is 2.87. The quantitative estimate of drug-likeness (QED) is 0.548. The van der Waals surface area contributed by atoms with E-state index in [1.165, 1.54) is 0 Å². The zero-order chi connectivity index (χ0) is 19.1. The van der Waals surface area contributed by atoms with Crippen molar-refractivity contribution in [1.82, 2.24) is 14.5 Å². The predicted octanol–water partition coefficient (Wildman–Crippen LogP) is 3.75. The molecule has 5 rings (SSSR count). The molecule has 1 aliphatic heterocycles. The third-order valence-electron chi connectivity index (χ3n) is 5.35. The van der Waals surface area contributed by atoms with E-state index in [0.29, 0.717) is 18.6 Å². The number of rotatable bonds is 3. The number of fused-ring (bicyclic) bond motifs is 2. The highest BCUT2D eigenvalue weighted by Crippen LogP contribution is 2.26. The molecule has 6 heteroatoms. The van der Waals surface area contributed by atoms with E-state index in [1.54, 1.807) is 13.4 Å². The molecule has 0 saturated carbocycles. The largest absolute Gasteiger partial charge is 0.497 e. The molecule has 0 spiro atoms. The monoisotopic (exact) mass is 372 g/mol. The number of carbonyl (C=O) groups excluding carboxylic acids is 1. The number of imidazole rings is 1. The first-order chi connectivity index (χ1) is 13.7. The summed E-state index contributed by atoms with van der Waals surface area (Å²) in [5.41, 5.74) is 3.94. The predicted molar refractivity (Wildman–Crippen MR) is 109 cm³/mol. The molecular weight excluding hydrogens is 352 g/mol. The van der Waals surface area contributed by atoms with Gasteiger partial charge in [-0.25, -0.2) is 9.97 Å². The van der Waals surface area contributed by atoms with Crippen LogP contribution in [0.4, 0.5) is 5.69 Å². The number of methoxy groups -OCH3 is 1. The summed E-state index contributed by atoms with van der Waals surface area (Å²) < 4.78 is 7.26. The second-order valence-corrected chi connectivity index (χ2v) is 7.04. The maximum atomic E-state index is 11.5. The van der Waals surface area contributed by atoms with E-state index in [1.807, 2.05) is 34.9 Å². The van der Waals surface area contributed by atoms with Crippen molar-refractivity contribution in [2.75, 3.05) is 25.1 Å². The molecule has 2 aromatic carbocycles. The minimum Gasteiger partial charge on any atom is -0.497 e. The zero-order valence-corrected chi connectivity index (χ0v) is 15.6. The van der Waals surface area contributed by atoms with E-state index in [4.69, 9.17) is 9.72 Å². The van der Waals surface area contributed by atoms with Gasteiger partial charge in [0, 0.05) is 43.1 Å². The highest BCUT2D eigenvalue weighted by atomic mass is 16.5. The van der Waals surface area contributed by atoms with Crippen molar-refractivity contribution in [3.8, 4) is 11.6 Å². The number of benzene rings is 2. The van der Waals surface area contributed by atoms with Crippen molar-refractivity contribution >= 4 is 33.4 Å². The van der Waals surface area contributed by atoms with Crippen LogP contribution in [0.3, 0.4) is 0 Å². The summed E-state index contributed by atoms with van der Waals surface area (Å²) in [5.74, 6) is 1.97. The lowest BCUT2D eigenvalue weighted by Crippen LogP contribution is -2.33. The van der Waals surface area contributed by atoms with E-state index in [-0.39, 0.29) is 0 Å². The summed E-state index contributed by atoms with van der Waals surface area (Å²) in [6.45, 7) is 1.58. The standard InChI is InChI=1S/C22H20N4O2/c1-28-18-4-6-21-20(13-18)23-14-26(21)22-7-2-15-12-16(3-5-19(15)24-22)25-10-8-17(27)9-11-25/h2-7,12-14H,8-11H2,1H3. The van der Waals surface area contributed by atoms with Gasteiger partial charge in [-0.3, -0.25) is 9.36 Å². The Morgan fingerprint density at radius 2 is 1.82 bits per heavy atom. The number of piperidine rings is 1. The molecule has 0 amide bonds. The van der Waals surface area contributed by atoms with Crippen LogP contribution in [0, 0.1) is 0 Å². The van der Waals surface area contributed by atoms with Crippen LogP contribution >= 0.6 is 0 Å². The first-order valence-corrected chi connectivity index (χ1v) is 9.40. The fraction of sp³-hybridized carbons (Fsp3) is 0.227. The van der Waals surface area contributed by atoms with Crippen molar-refractivity contribution in [2.24, 2.45) is 0 Å². The van der Waals surface area contributed by atoms with E-state index >= 15 is 0 Å². The molecule has 0 unspecified atom stereocenters. The van der Waals surface area contributed by atoms with Crippen molar-refractivity contribution in [3.63, 3.8) is 0 Å². The molecule has 6 nitrogen and oxygen atoms in total. The number of ketones is 1. The molecule has 0 atom stereocenters. The summed E-state index contributed by atoms with van der Waals surface area (Å²) in [7, 11) is 1.65. The Bertz CT molecular complexity index is 1190. The van der Waals surface area contributed by atoms with Gasteiger partial charge in [0.1, 0.15) is 23.7 Å². The van der Waals surface area contributed by atoms with Crippen LogP contribution in [0.25, 0.3) is 27.8 Å². The molecule has 2 aromatic heterocycles. The second kappa shape index (κ2) is 6.64. The van der Waals surface area contributed by atoms with Crippen molar-refractivity contribution in [3.05, 3.63) is 54.9 Å². The molecule has 0 bridgehead atoms. The minimum absolute atomic E-state index is 0.355. The van der Waals surface area contributed by atoms with E-state index in [9.17, 15) is 4.79 Å². The Labute approximate surface area is 162 Å². The lowest BCUT2D eigenvalue weighted by atomic mass is 10.1. The Hall–Kier alpha value is -3.41. The Morgan fingerprint density at radius 3 is 2.64 bits per heavy atom. The number of hydrogen-bond donors (Lipinski definition) is 0. The van der Waals surface area contributed by atoms with Gasteiger partial charge in [-0.15, -0.1) is 0 Å². The summed E-state index contributed by atoms with van der Waals surface area (Å²) in [6.07, 6.45) is 3.05. The molecule has 4 aromatic rings. The van der Waals surface area contributed by atoms with Crippen molar-refractivity contribution < 1.29 is 9.53 Å². The normalized spacial score (nSPS) is 14.8. The van der Waals surface area contributed by atoms with Gasteiger partial charge in [0.15, 0.2) is 0 Å². The van der Waals surface area contributed by atoms with Crippen LogP contribution < -0.4 is 9.64 Å². The average molecular weight is 372 g/mol. The Balaban J connectivity index is 1.50. The average Bonchev–Trinajstić information content (AvgIpc) is 3.16. The van der Waals surface area contributed by atoms with E-state index in [0.717, 1.165) is 52.3 Å². The number of nitrogens with zero attached hydrogens (tertiary/aromatic N) is 4. The molecule has 1 aliphatic rings. The number of carbonyl (C=O) groups is 1. The molecule has 1 saturated heterocycles. The molecule has 28 heavy (non-hydrogen) atoms. The first-order valence-electron chi connectivity index (χ1n) is 9.40.